The highest BCUT2D eigenvalue weighted by molar-refractivity contribution is 5.91. The van der Waals surface area contributed by atoms with Crippen LogP contribution in [0, 0.1) is 28.6 Å². The summed E-state index contributed by atoms with van der Waals surface area (Å²) in [6, 6.07) is 0. The van der Waals surface area contributed by atoms with Gasteiger partial charge in [-0.15, -0.1) is 0 Å². The summed E-state index contributed by atoms with van der Waals surface area (Å²) in [4.78, 5) is 38.2. The van der Waals surface area contributed by atoms with Crippen LogP contribution < -0.4 is 0 Å². The van der Waals surface area contributed by atoms with E-state index in [0.717, 1.165) is 6.42 Å². The van der Waals surface area contributed by atoms with Crippen molar-refractivity contribution in [1.82, 2.24) is 0 Å². The van der Waals surface area contributed by atoms with E-state index in [9.17, 15) is 19.5 Å². The maximum absolute atomic E-state index is 13.6. The molecule has 1 N–H and O–H groups in total. The van der Waals surface area contributed by atoms with Crippen LogP contribution in [0.2, 0.25) is 0 Å². The molecule has 4 aliphatic rings. The van der Waals surface area contributed by atoms with Crippen molar-refractivity contribution >= 4 is 17.7 Å². The molecule has 0 radical (unpaired) electrons. The summed E-state index contributed by atoms with van der Waals surface area (Å²) in [5.74, 6) is -1.44. The second-order valence-electron chi connectivity index (χ2n) is 9.80. The van der Waals surface area contributed by atoms with E-state index in [4.69, 9.17) is 14.2 Å². The Bertz CT molecular complexity index is 832. The van der Waals surface area contributed by atoms with Crippen molar-refractivity contribution in [3.8, 4) is 0 Å². The summed E-state index contributed by atoms with van der Waals surface area (Å²) in [6.07, 6.45) is 4.25. The van der Waals surface area contributed by atoms with Crippen LogP contribution in [-0.4, -0.2) is 35.0 Å². The third-order valence-corrected chi connectivity index (χ3v) is 8.06. The van der Waals surface area contributed by atoms with Gasteiger partial charge < -0.3 is 19.3 Å². The first-order valence-corrected chi connectivity index (χ1v) is 10.7. The lowest BCUT2D eigenvalue weighted by Gasteiger charge is -2.61. The standard InChI is InChI=1S/C23H30O7/c1-12-10-16(29-13(2)24)19(26)20-22(12,3)8-7-14-21(27)30-17(11-23(14,20)4)18(25)15-6-5-9-28-15/h5,9,12,14,16-17,20,25H,6-8,10-11H2,1-4H3. The van der Waals surface area contributed by atoms with Crippen molar-refractivity contribution in [2.45, 2.75) is 72.0 Å². The van der Waals surface area contributed by atoms with E-state index < -0.39 is 35.4 Å². The molecule has 0 bridgehead atoms. The number of carbonyl (C=O) groups excluding carboxylic acids is 3. The lowest BCUT2D eigenvalue weighted by atomic mass is 9.43. The first kappa shape index (κ1) is 20.9. The van der Waals surface area contributed by atoms with Gasteiger partial charge in [-0.05, 0) is 48.5 Å². The molecular weight excluding hydrogens is 388 g/mol. The van der Waals surface area contributed by atoms with Crippen LogP contribution in [0.4, 0.5) is 0 Å². The number of Topliss-reactive ketones (excluding diaryl/α,β-unsaturated/α-hetero) is 1. The van der Waals surface area contributed by atoms with Crippen LogP contribution in [0.1, 0.15) is 59.8 Å². The maximum atomic E-state index is 13.6. The molecule has 7 heteroatoms. The molecule has 2 aliphatic carbocycles. The number of allylic oxidation sites excluding steroid dienone is 1. The molecule has 2 heterocycles. The molecule has 7 unspecified atom stereocenters. The zero-order valence-corrected chi connectivity index (χ0v) is 18.0. The van der Waals surface area contributed by atoms with Crippen molar-refractivity contribution in [2.24, 2.45) is 28.6 Å². The van der Waals surface area contributed by atoms with Crippen molar-refractivity contribution in [2.75, 3.05) is 0 Å². The number of hydrogen-bond donors (Lipinski definition) is 1. The Kier molecular flexibility index (Phi) is 4.98. The van der Waals surface area contributed by atoms with E-state index in [2.05, 4.69) is 13.8 Å². The molecule has 3 fully saturated rings. The minimum atomic E-state index is -0.854. The second-order valence-corrected chi connectivity index (χ2v) is 9.80. The number of fused-ring (bicyclic) bond motifs is 3. The van der Waals surface area contributed by atoms with Gasteiger partial charge in [0.05, 0.1) is 12.2 Å². The summed E-state index contributed by atoms with van der Waals surface area (Å²) < 4.78 is 16.3. The molecule has 0 aromatic heterocycles. The highest BCUT2D eigenvalue weighted by Crippen LogP contribution is 2.64. The van der Waals surface area contributed by atoms with Gasteiger partial charge in [-0.2, -0.15) is 0 Å². The van der Waals surface area contributed by atoms with Crippen molar-refractivity contribution in [1.29, 1.82) is 0 Å². The summed E-state index contributed by atoms with van der Waals surface area (Å²) in [7, 11) is 0. The summed E-state index contributed by atoms with van der Waals surface area (Å²) in [6.45, 7) is 7.48. The Hall–Kier alpha value is -2.31. The normalized spacial score (nSPS) is 44.5. The molecule has 30 heavy (non-hydrogen) atoms. The van der Waals surface area contributed by atoms with E-state index in [-0.39, 0.29) is 28.8 Å². The molecule has 0 amide bonds. The van der Waals surface area contributed by atoms with Gasteiger partial charge in [0.1, 0.15) is 5.76 Å². The lowest BCUT2D eigenvalue weighted by molar-refractivity contribution is -0.205. The number of cyclic esters (lactones) is 1. The lowest BCUT2D eigenvalue weighted by Crippen LogP contribution is -2.64. The molecular formula is C23H30O7. The van der Waals surface area contributed by atoms with Gasteiger partial charge in [0.15, 0.2) is 23.8 Å². The van der Waals surface area contributed by atoms with Crippen molar-refractivity contribution in [3.05, 3.63) is 23.9 Å². The minimum absolute atomic E-state index is 0.0897. The van der Waals surface area contributed by atoms with Gasteiger partial charge in [0.25, 0.3) is 0 Å². The van der Waals surface area contributed by atoms with Crippen LogP contribution in [-0.2, 0) is 28.6 Å². The third-order valence-electron chi connectivity index (χ3n) is 8.06. The molecule has 164 valence electrons. The molecule has 4 rings (SSSR count). The Labute approximate surface area is 176 Å². The summed E-state index contributed by atoms with van der Waals surface area (Å²) in [5, 5.41) is 10.7. The molecule has 2 saturated carbocycles. The Morgan fingerprint density at radius 3 is 2.63 bits per heavy atom. The molecule has 7 nitrogen and oxygen atoms in total. The van der Waals surface area contributed by atoms with E-state index in [0.29, 0.717) is 31.4 Å². The average molecular weight is 418 g/mol. The quantitative estimate of drug-likeness (QED) is 0.540. The Morgan fingerprint density at radius 2 is 2.00 bits per heavy atom. The highest BCUT2D eigenvalue weighted by atomic mass is 16.6. The fraction of sp³-hybridized carbons (Fsp3) is 0.696. The molecule has 7 atom stereocenters. The maximum Gasteiger partial charge on any atom is 0.310 e. The van der Waals surface area contributed by atoms with Gasteiger partial charge in [-0.3, -0.25) is 14.4 Å². The van der Waals surface area contributed by atoms with Gasteiger partial charge >= 0.3 is 11.9 Å². The third kappa shape index (κ3) is 3.05. The number of ether oxygens (including phenoxy) is 3. The molecule has 0 aromatic rings. The van der Waals surface area contributed by atoms with Crippen LogP contribution in [0.15, 0.2) is 23.9 Å². The SMILES string of the molecule is CC(=O)OC1CC(C)C2(C)CCC3C(=O)OC(C(O)=C4CC=CO4)CC3(C)C2C1=O. The number of rotatable bonds is 2. The predicted molar refractivity (Wildman–Crippen MR) is 106 cm³/mol. The Balaban J connectivity index is 1.73. The number of hydrogen-bond acceptors (Lipinski definition) is 7. The molecule has 0 spiro atoms. The van der Waals surface area contributed by atoms with Gasteiger partial charge in [-0.1, -0.05) is 20.8 Å². The number of aliphatic hydroxyl groups excluding tert-OH is 1. The topological polar surface area (TPSA) is 99.1 Å². The number of aliphatic hydroxyl groups is 1. The smallest absolute Gasteiger partial charge is 0.310 e. The highest BCUT2D eigenvalue weighted by Gasteiger charge is 2.66. The fourth-order valence-corrected chi connectivity index (χ4v) is 6.40. The predicted octanol–water partition coefficient (Wildman–Crippen LogP) is 3.58. The van der Waals surface area contributed by atoms with Gasteiger partial charge in [0, 0.05) is 19.3 Å². The van der Waals surface area contributed by atoms with Crippen LogP contribution in [0.25, 0.3) is 0 Å². The fourth-order valence-electron chi connectivity index (χ4n) is 6.40. The van der Waals surface area contributed by atoms with Gasteiger partial charge in [0.2, 0.25) is 0 Å². The minimum Gasteiger partial charge on any atom is -0.506 e. The second kappa shape index (κ2) is 7.13. The average Bonchev–Trinajstić information content (AvgIpc) is 3.19. The van der Waals surface area contributed by atoms with E-state index in [1.165, 1.54) is 13.2 Å². The van der Waals surface area contributed by atoms with Gasteiger partial charge in [-0.25, -0.2) is 0 Å². The van der Waals surface area contributed by atoms with E-state index in [1.807, 2.05) is 6.92 Å². The van der Waals surface area contributed by atoms with E-state index >= 15 is 0 Å². The van der Waals surface area contributed by atoms with Crippen LogP contribution >= 0.6 is 0 Å². The largest absolute Gasteiger partial charge is 0.506 e. The number of esters is 2. The zero-order chi connectivity index (χ0) is 21.8. The summed E-state index contributed by atoms with van der Waals surface area (Å²) in [5.41, 5.74) is -1.02. The summed E-state index contributed by atoms with van der Waals surface area (Å²) >= 11 is 0. The van der Waals surface area contributed by atoms with Crippen molar-refractivity contribution in [3.63, 3.8) is 0 Å². The van der Waals surface area contributed by atoms with Crippen molar-refractivity contribution < 1.29 is 33.7 Å². The first-order valence-electron chi connectivity index (χ1n) is 10.7. The molecule has 0 aromatic carbocycles. The van der Waals surface area contributed by atoms with Crippen LogP contribution in [0.5, 0.6) is 0 Å². The molecule has 2 aliphatic heterocycles. The Morgan fingerprint density at radius 1 is 1.27 bits per heavy atom. The number of carbonyl (C=O) groups is 3. The van der Waals surface area contributed by atoms with E-state index in [1.54, 1.807) is 6.08 Å². The monoisotopic (exact) mass is 418 g/mol. The molecule has 1 saturated heterocycles. The number of ketones is 1. The van der Waals surface area contributed by atoms with Crippen LogP contribution in [0.3, 0.4) is 0 Å². The first-order chi connectivity index (χ1) is 14.1. The zero-order valence-electron chi connectivity index (χ0n) is 18.0.